The Labute approximate surface area is 180 Å². The molecule has 0 saturated heterocycles. The third kappa shape index (κ3) is 5.76. The van der Waals surface area contributed by atoms with E-state index in [0.717, 1.165) is 6.07 Å². The second-order valence-corrected chi connectivity index (χ2v) is 9.96. The van der Waals surface area contributed by atoms with Gasteiger partial charge in [-0.15, -0.1) is 0 Å². The Morgan fingerprint density at radius 1 is 1.23 bits per heavy atom. The largest absolute Gasteiger partial charge is 0.510 e. The normalized spacial score (nSPS) is 14.1. The summed E-state index contributed by atoms with van der Waals surface area (Å²) < 4.78 is 55.5. The van der Waals surface area contributed by atoms with Crippen molar-refractivity contribution < 1.29 is 37.0 Å². The van der Waals surface area contributed by atoms with Crippen LogP contribution in [-0.2, 0) is 30.8 Å². The highest BCUT2D eigenvalue weighted by Gasteiger charge is 2.54. The maximum atomic E-state index is 14.9. The number of hydrogen-bond acceptors (Lipinski definition) is 5. The highest BCUT2D eigenvalue weighted by Crippen LogP contribution is 2.64. The van der Waals surface area contributed by atoms with E-state index in [1.54, 1.807) is 39.0 Å². The molecule has 0 aliphatic heterocycles. The van der Waals surface area contributed by atoms with Crippen LogP contribution in [0.3, 0.4) is 0 Å². The molecule has 0 saturated carbocycles. The van der Waals surface area contributed by atoms with E-state index in [1.807, 2.05) is 0 Å². The molecule has 2 aromatic carbocycles. The van der Waals surface area contributed by atoms with Crippen molar-refractivity contribution in [1.82, 2.24) is 0 Å². The first-order valence-electron chi connectivity index (χ1n) is 8.54. The molecule has 30 heavy (non-hydrogen) atoms. The second kappa shape index (κ2) is 8.98. The molecule has 7 nitrogen and oxygen atoms in total. The molecule has 0 heterocycles. The number of carbonyl (C=O) groups excluding carboxylic acids is 1. The molecule has 0 bridgehead atoms. The average Bonchev–Trinajstić information content (AvgIpc) is 2.59. The summed E-state index contributed by atoms with van der Waals surface area (Å²) in [5.74, 6) is 0. The minimum Gasteiger partial charge on any atom is -0.429 e. The molecule has 0 aliphatic carbocycles. The fourth-order valence-corrected chi connectivity index (χ4v) is 4.01. The van der Waals surface area contributed by atoms with Gasteiger partial charge in [-0.25, -0.2) is 11.4 Å². The Morgan fingerprint density at radius 3 is 2.50 bits per heavy atom. The van der Waals surface area contributed by atoms with Crippen LogP contribution >= 0.6 is 23.5 Å². The Balaban J connectivity index is 2.26. The van der Waals surface area contributed by atoms with Gasteiger partial charge < -0.3 is 19.2 Å². The van der Waals surface area contributed by atoms with Crippen LogP contribution in [0.5, 0.6) is 0 Å². The van der Waals surface area contributed by atoms with E-state index in [2.05, 4.69) is 30.0 Å². The van der Waals surface area contributed by atoms with E-state index in [4.69, 9.17) is 11.3 Å². The van der Waals surface area contributed by atoms with Crippen molar-refractivity contribution in [2.75, 3.05) is 6.79 Å². The maximum Gasteiger partial charge on any atom is 0.510 e. The topological polar surface area (TPSA) is 86.4 Å². The maximum absolute atomic E-state index is 14.9. The summed E-state index contributed by atoms with van der Waals surface area (Å²) in [7, 11) is -5.60. The van der Waals surface area contributed by atoms with Crippen molar-refractivity contribution in [2.45, 2.75) is 38.6 Å². The number of nitrogens with zero attached hydrogens (tertiary/aromatic N) is 1. The van der Waals surface area contributed by atoms with E-state index in [0.29, 0.717) is 16.3 Å². The molecule has 11 heteroatoms. The number of carbonyl (C=O) groups is 1. The molecule has 0 radical (unpaired) electrons. The third-order valence-corrected chi connectivity index (χ3v) is 5.79. The van der Waals surface area contributed by atoms with Crippen LogP contribution in [0.25, 0.3) is 15.6 Å². The molecule has 0 aromatic heterocycles. The first-order chi connectivity index (χ1) is 13.8. The smallest absolute Gasteiger partial charge is 0.429 e. The van der Waals surface area contributed by atoms with Crippen LogP contribution in [-0.4, -0.2) is 23.4 Å². The van der Waals surface area contributed by atoms with Gasteiger partial charge in [0.2, 0.25) is 13.3 Å². The van der Waals surface area contributed by atoms with Gasteiger partial charge in [-0.1, -0.05) is 28.1 Å². The molecule has 1 unspecified atom stereocenters. The van der Waals surface area contributed by atoms with Crippen molar-refractivity contribution in [1.29, 1.82) is 0 Å². The van der Waals surface area contributed by atoms with Gasteiger partial charge in [0.15, 0.2) is 0 Å². The molecule has 0 amide bonds. The SMILES string of the molecule is [C-]#[N+]Cc1ccc2cc(Br)c(C(F)(F)P(=O)(O)OCOC(=O)OC(C)(C)C)cc2c1. The summed E-state index contributed by atoms with van der Waals surface area (Å²) in [4.78, 5) is 24.6. The van der Waals surface area contributed by atoms with Crippen LogP contribution in [0, 0.1) is 6.57 Å². The van der Waals surface area contributed by atoms with Crippen molar-refractivity contribution in [3.8, 4) is 0 Å². The van der Waals surface area contributed by atoms with Crippen LogP contribution in [0.4, 0.5) is 13.6 Å². The van der Waals surface area contributed by atoms with Crippen LogP contribution in [0.15, 0.2) is 34.8 Å². The van der Waals surface area contributed by atoms with Gasteiger partial charge in [0.25, 0.3) is 0 Å². The predicted molar refractivity (Wildman–Crippen MR) is 109 cm³/mol. The summed E-state index contributed by atoms with van der Waals surface area (Å²) in [5.41, 5.74) is -5.37. The average molecular weight is 506 g/mol. The van der Waals surface area contributed by atoms with Gasteiger partial charge in [0.05, 0.1) is 0 Å². The predicted octanol–water partition coefficient (Wildman–Crippen LogP) is 6.18. The van der Waals surface area contributed by atoms with E-state index < -0.39 is 37.4 Å². The second-order valence-electron chi connectivity index (χ2n) is 7.25. The first kappa shape index (κ1) is 24.2. The zero-order chi connectivity index (χ0) is 22.7. The minimum absolute atomic E-state index is 0.0708. The monoisotopic (exact) mass is 505 g/mol. The Morgan fingerprint density at radius 2 is 1.90 bits per heavy atom. The van der Waals surface area contributed by atoms with E-state index in [1.165, 1.54) is 6.07 Å². The van der Waals surface area contributed by atoms with Crippen molar-refractivity contribution in [3.05, 3.63) is 57.3 Å². The molecule has 0 aliphatic rings. The fraction of sp³-hybridized carbons (Fsp3) is 0.368. The van der Waals surface area contributed by atoms with Gasteiger partial charge in [-0.05, 0) is 49.7 Å². The first-order valence-corrected chi connectivity index (χ1v) is 10.9. The molecular weight excluding hydrogens is 487 g/mol. The fourth-order valence-electron chi connectivity index (χ4n) is 2.40. The number of benzene rings is 2. The lowest BCUT2D eigenvalue weighted by Gasteiger charge is -2.24. The highest BCUT2D eigenvalue weighted by atomic mass is 79.9. The van der Waals surface area contributed by atoms with Crippen LogP contribution < -0.4 is 0 Å². The molecular formula is C19H19BrF2NO6P. The van der Waals surface area contributed by atoms with Crippen molar-refractivity contribution in [3.63, 3.8) is 0 Å². The standard InChI is InChI=1S/C19H19BrF2NO6P/c1-18(2,3)29-17(24)27-11-28-30(25,26)19(21,22)15-8-14-7-12(10-23-4)5-6-13(14)9-16(15)20/h5-9H,10-11H2,1-3H3,(H,25,26). The van der Waals surface area contributed by atoms with E-state index in [-0.39, 0.29) is 11.0 Å². The third-order valence-electron chi connectivity index (χ3n) is 3.73. The van der Waals surface area contributed by atoms with E-state index >= 15 is 0 Å². The molecule has 1 atom stereocenters. The summed E-state index contributed by atoms with van der Waals surface area (Å²) >= 11 is 3.00. The zero-order valence-corrected chi connectivity index (χ0v) is 18.8. The van der Waals surface area contributed by atoms with Crippen LogP contribution in [0.1, 0.15) is 31.9 Å². The molecule has 1 N–H and O–H groups in total. The summed E-state index contributed by atoms with van der Waals surface area (Å²) in [5, 5.41) is 0.955. The Hall–Kier alpha value is -2.05. The molecule has 0 fully saturated rings. The van der Waals surface area contributed by atoms with Crippen molar-refractivity contribution >= 4 is 40.5 Å². The quantitative estimate of drug-likeness (QED) is 0.218. The number of alkyl halides is 2. The van der Waals surface area contributed by atoms with Gasteiger partial charge in [0, 0.05) is 15.6 Å². The van der Waals surface area contributed by atoms with Crippen LogP contribution in [0.2, 0.25) is 0 Å². The lowest BCUT2D eigenvalue weighted by Crippen LogP contribution is -2.25. The zero-order valence-electron chi connectivity index (χ0n) is 16.3. The van der Waals surface area contributed by atoms with Gasteiger partial charge in [-0.3, -0.25) is 9.09 Å². The summed E-state index contributed by atoms with van der Waals surface area (Å²) in [6.45, 7) is 10.5. The minimum atomic E-state index is -5.60. The van der Waals surface area contributed by atoms with Crippen molar-refractivity contribution in [2.24, 2.45) is 0 Å². The Bertz CT molecular complexity index is 1050. The lowest BCUT2D eigenvalue weighted by molar-refractivity contribution is -0.0466. The van der Waals surface area contributed by atoms with Gasteiger partial charge >= 0.3 is 19.4 Å². The number of halogens is 3. The number of ether oxygens (including phenoxy) is 2. The number of fused-ring (bicyclic) bond motifs is 1. The summed E-state index contributed by atoms with van der Waals surface area (Å²) in [6, 6.07) is 7.32. The van der Waals surface area contributed by atoms with Gasteiger partial charge in [0.1, 0.15) is 5.60 Å². The number of rotatable bonds is 6. The molecule has 2 aromatic rings. The van der Waals surface area contributed by atoms with Gasteiger partial charge in [-0.2, -0.15) is 8.78 Å². The molecule has 0 spiro atoms. The highest BCUT2D eigenvalue weighted by molar-refractivity contribution is 9.10. The lowest BCUT2D eigenvalue weighted by atomic mass is 10.0. The molecule has 162 valence electrons. The number of hydrogen-bond donors (Lipinski definition) is 1. The Kier molecular flexibility index (Phi) is 7.25. The van der Waals surface area contributed by atoms with E-state index in [9.17, 15) is 23.0 Å². The summed E-state index contributed by atoms with van der Waals surface area (Å²) in [6.07, 6.45) is -1.23. The molecule has 2 rings (SSSR count).